The maximum Gasteiger partial charge on any atom is 0.277 e. The maximum absolute atomic E-state index is 11.3. The fourth-order valence-electron chi connectivity index (χ4n) is 9.43. The van der Waals surface area contributed by atoms with Crippen molar-refractivity contribution in [1.82, 2.24) is 9.80 Å². The van der Waals surface area contributed by atoms with Gasteiger partial charge in [0.1, 0.15) is 0 Å². The van der Waals surface area contributed by atoms with Gasteiger partial charge in [-0.2, -0.15) is 0 Å². The number of likely N-dealkylation sites (N-methyl/N-ethyl adjacent to an activating group) is 1. The molecule has 8 rings (SSSR count). The van der Waals surface area contributed by atoms with Crippen molar-refractivity contribution < 1.29 is 9.85 Å². The molecule has 4 heterocycles. The highest BCUT2D eigenvalue weighted by Gasteiger charge is 2.45. The van der Waals surface area contributed by atoms with Gasteiger partial charge in [0.05, 0.1) is 20.6 Å². The number of non-ortho nitro benzene ring substituents is 2. The molecule has 0 aromatic heterocycles. The summed E-state index contributed by atoms with van der Waals surface area (Å²) in [5.74, 6) is 0. The molecule has 252 valence electrons. The number of rotatable bonds is 9. The Balaban J connectivity index is 0.000000152. The van der Waals surface area contributed by atoms with Crippen LogP contribution in [0.4, 0.5) is 22.7 Å². The molecule has 4 aromatic rings. The number of hydrogen-bond acceptors (Lipinski definition) is 8. The van der Waals surface area contributed by atoms with Crippen LogP contribution < -0.4 is 10.2 Å². The number of nitro benzene ring substituents is 2. The van der Waals surface area contributed by atoms with Crippen LogP contribution in [0.5, 0.6) is 0 Å². The zero-order chi connectivity index (χ0) is 33.3. The first-order valence-corrected chi connectivity index (χ1v) is 17.6. The predicted octanol–water partition coefficient (Wildman–Crippen LogP) is 7.99. The number of anilines is 2. The number of nitro groups is 2. The Kier molecular flexibility index (Phi) is 8.96. The second kappa shape index (κ2) is 13.3. The first kappa shape index (κ1) is 32.3. The summed E-state index contributed by atoms with van der Waals surface area (Å²) in [6.07, 6.45) is 11.5. The second-order valence-electron chi connectivity index (χ2n) is 14.2. The predicted molar refractivity (Wildman–Crippen MR) is 193 cm³/mol. The molecular formula is C38H46N6O4. The van der Waals surface area contributed by atoms with Crippen LogP contribution in [0.25, 0.3) is 21.5 Å². The fraction of sp³-hybridized carbons (Fsp3) is 0.474. The van der Waals surface area contributed by atoms with Gasteiger partial charge in [-0.25, -0.2) is 0 Å². The van der Waals surface area contributed by atoms with E-state index in [-0.39, 0.29) is 21.2 Å². The summed E-state index contributed by atoms with van der Waals surface area (Å²) in [6.45, 7) is 6.84. The summed E-state index contributed by atoms with van der Waals surface area (Å²) < 4.78 is 0. The molecule has 10 heteroatoms. The molecule has 0 atom stereocenters. The summed E-state index contributed by atoms with van der Waals surface area (Å²) in [7, 11) is 2.12. The molecule has 10 nitrogen and oxygen atoms in total. The number of fused-ring (bicyclic) bond motifs is 4. The van der Waals surface area contributed by atoms with Gasteiger partial charge >= 0.3 is 0 Å². The second-order valence-corrected chi connectivity index (χ2v) is 14.2. The Bertz CT molecular complexity index is 1810. The van der Waals surface area contributed by atoms with E-state index in [1.165, 1.54) is 77.5 Å². The van der Waals surface area contributed by atoms with Gasteiger partial charge in [0.2, 0.25) is 0 Å². The van der Waals surface area contributed by atoms with Gasteiger partial charge < -0.3 is 10.2 Å². The first-order valence-electron chi connectivity index (χ1n) is 17.6. The lowest BCUT2D eigenvalue weighted by molar-refractivity contribution is -0.383. The molecule has 4 saturated heterocycles. The zero-order valence-electron chi connectivity index (χ0n) is 27.9. The number of hydrogen-bond donors (Lipinski definition) is 1. The molecule has 1 N–H and O–H groups in total. The van der Waals surface area contributed by atoms with Gasteiger partial charge in [-0.1, -0.05) is 36.4 Å². The van der Waals surface area contributed by atoms with Crippen molar-refractivity contribution in [2.24, 2.45) is 0 Å². The topological polar surface area (TPSA) is 108 Å². The third-order valence-corrected chi connectivity index (χ3v) is 11.6. The largest absolute Gasteiger partial charge is 0.384 e. The molecule has 0 bridgehead atoms. The molecule has 48 heavy (non-hydrogen) atoms. The maximum atomic E-state index is 11.3. The van der Waals surface area contributed by atoms with Gasteiger partial charge in [0.15, 0.2) is 0 Å². The highest BCUT2D eigenvalue weighted by atomic mass is 16.6. The van der Waals surface area contributed by atoms with E-state index in [2.05, 4.69) is 27.1 Å². The Morgan fingerprint density at radius 2 is 1.15 bits per heavy atom. The molecule has 4 aliphatic rings. The molecule has 4 aromatic carbocycles. The lowest BCUT2D eigenvalue weighted by Gasteiger charge is -2.37. The smallest absolute Gasteiger partial charge is 0.277 e. The number of nitrogens with zero attached hydrogens (tertiary/aromatic N) is 5. The molecule has 0 aliphatic carbocycles. The standard InChI is InChI=1S/2C19H23N3O2/c1-20(14-19-10-4-12-21(19)13-5-11-19)17-8-9-18(22(23)24)16-7-3-2-6-15(16)17;23-22(24)18-8-7-17(15-5-1-2-6-16(15)18)20-12-11-19-9-3-13-21(19)14-4-10-19/h2-3,6-9H,4-5,10-14H2,1H3;1-2,5-8,20H,3-4,9-14H2. The monoisotopic (exact) mass is 650 g/mol. The van der Waals surface area contributed by atoms with Crippen molar-refractivity contribution in [3.63, 3.8) is 0 Å². The third-order valence-electron chi connectivity index (χ3n) is 11.6. The van der Waals surface area contributed by atoms with E-state index in [1.54, 1.807) is 12.1 Å². The highest BCUT2D eigenvalue weighted by molar-refractivity contribution is 6.00. The highest BCUT2D eigenvalue weighted by Crippen LogP contribution is 2.43. The van der Waals surface area contributed by atoms with E-state index in [9.17, 15) is 20.2 Å². The van der Waals surface area contributed by atoms with Crippen LogP contribution in [-0.2, 0) is 0 Å². The van der Waals surface area contributed by atoms with Crippen molar-refractivity contribution in [1.29, 1.82) is 0 Å². The van der Waals surface area contributed by atoms with Crippen molar-refractivity contribution in [3.8, 4) is 0 Å². The molecule has 0 amide bonds. The SMILES string of the molecule is CN(CC12CCCN1CCC2)c1ccc([N+](=O)[O-])c2ccccc12.O=[N+]([O-])c1ccc(NCCC23CCCN2CCC3)c2ccccc12. The molecule has 4 aliphatic heterocycles. The van der Waals surface area contributed by atoms with E-state index in [4.69, 9.17) is 0 Å². The lowest BCUT2D eigenvalue weighted by Crippen LogP contribution is -2.47. The molecule has 0 spiro atoms. The minimum absolute atomic E-state index is 0.174. The minimum Gasteiger partial charge on any atom is -0.384 e. The van der Waals surface area contributed by atoms with Crippen molar-refractivity contribution >= 4 is 44.3 Å². The van der Waals surface area contributed by atoms with Crippen molar-refractivity contribution in [2.75, 3.05) is 56.5 Å². The number of nitrogens with one attached hydrogen (secondary N) is 1. The van der Waals surface area contributed by atoms with E-state index in [0.29, 0.717) is 16.5 Å². The van der Waals surface area contributed by atoms with Gasteiger partial charge in [-0.15, -0.1) is 0 Å². The summed E-state index contributed by atoms with van der Waals surface area (Å²) in [5.41, 5.74) is 3.15. The fourth-order valence-corrected chi connectivity index (χ4v) is 9.43. The van der Waals surface area contributed by atoms with Crippen molar-refractivity contribution in [3.05, 3.63) is 93.0 Å². The molecule has 4 fully saturated rings. The van der Waals surface area contributed by atoms with Crippen LogP contribution in [0.2, 0.25) is 0 Å². The van der Waals surface area contributed by atoms with Crippen LogP contribution in [-0.4, -0.2) is 77.0 Å². The van der Waals surface area contributed by atoms with Crippen LogP contribution in [0.1, 0.15) is 57.8 Å². The summed E-state index contributed by atoms with van der Waals surface area (Å²) in [5, 5.41) is 29.4. The Hall–Kier alpha value is -4.28. The quantitative estimate of drug-likeness (QED) is 0.143. The minimum atomic E-state index is -0.306. The summed E-state index contributed by atoms with van der Waals surface area (Å²) >= 11 is 0. The Morgan fingerprint density at radius 1 is 0.667 bits per heavy atom. The Labute approximate surface area is 282 Å². The van der Waals surface area contributed by atoms with Gasteiger partial charge in [0, 0.05) is 65.5 Å². The molecular weight excluding hydrogens is 604 g/mol. The molecule has 0 radical (unpaired) electrons. The zero-order valence-corrected chi connectivity index (χ0v) is 27.9. The van der Waals surface area contributed by atoms with Gasteiger partial charge in [-0.3, -0.25) is 30.0 Å². The lowest BCUT2D eigenvalue weighted by atomic mass is 9.90. The van der Waals surface area contributed by atoms with Crippen LogP contribution in [0.15, 0.2) is 72.8 Å². The number of benzene rings is 4. The van der Waals surface area contributed by atoms with Crippen molar-refractivity contribution in [2.45, 2.75) is 68.9 Å². The van der Waals surface area contributed by atoms with Gasteiger partial charge in [0.25, 0.3) is 11.4 Å². The first-order chi connectivity index (χ1) is 23.3. The van der Waals surface area contributed by atoms with Crippen LogP contribution >= 0.6 is 0 Å². The molecule has 0 saturated carbocycles. The third kappa shape index (κ3) is 5.96. The van der Waals surface area contributed by atoms with E-state index in [0.717, 1.165) is 47.0 Å². The van der Waals surface area contributed by atoms with E-state index in [1.807, 2.05) is 60.7 Å². The van der Waals surface area contributed by atoms with E-state index < -0.39 is 0 Å². The average Bonchev–Trinajstić information content (AvgIpc) is 3.86. The Morgan fingerprint density at radius 3 is 1.73 bits per heavy atom. The van der Waals surface area contributed by atoms with Crippen LogP contribution in [0, 0.1) is 20.2 Å². The average molecular weight is 651 g/mol. The van der Waals surface area contributed by atoms with Crippen LogP contribution in [0.3, 0.4) is 0 Å². The normalized spacial score (nSPS) is 19.5. The summed E-state index contributed by atoms with van der Waals surface area (Å²) in [4.78, 5) is 29.6. The molecule has 0 unspecified atom stereocenters. The van der Waals surface area contributed by atoms with Gasteiger partial charge in [-0.05, 0) is 108 Å². The van der Waals surface area contributed by atoms with E-state index >= 15 is 0 Å². The summed E-state index contributed by atoms with van der Waals surface area (Å²) in [6, 6.07) is 22.3.